The quantitative estimate of drug-likeness (QED) is 0.235. The van der Waals surface area contributed by atoms with Crippen LogP contribution in [0.25, 0.3) is 22.1 Å². The van der Waals surface area contributed by atoms with Gasteiger partial charge in [-0.1, -0.05) is 36.0 Å². The van der Waals surface area contributed by atoms with E-state index in [1.807, 2.05) is 18.2 Å². The number of nitrogens with zero attached hydrogens (tertiary/aromatic N) is 2. The number of nitrogens with one attached hydrogen (secondary N) is 1. The first-order valence-electron chi connectivity index (χ1n) is 11.2. The summed E-state index contributed by atoms with van der Waals surface area (Å²) in [6, 6.07) is 13.9. The standard InChI is InChI=1S/C25H23N3O6S/c1-32-24(31)16-8-2-4-10-18(16)26-20(29)14-35-25-27-21-17-9-3-5-11-19(17)34-22(21)23(30)28(25)13-15-7-6-12-33-15/h2-5,8-11,15H,6-7,12-14H2,1H3,(H,26,29). The third-order valence-corrected chi connectivity index (χ3v) is 6.77. The molecule has 1 aliphatic heterocycles. The van der Waals surface area contributed by atoms with Crippen LogP contribution in [0.3, 0.4) is 0 Å². The molecule has 0 spiro atoms. The lowest BCUT2D eigenvalue weighted by molar-refractivity contribution is -0.113. The molecule has 1 aliphatic rings. The third kappa shape index (κ3) is 4.67. The normalized spacial score (nSPS) is 15.5. The fourth-order valence-electron chi connectivity index (χ4n) is 4.11. The minimum absolute atomic E-state index is 0.0191. The lowest BCUT2D eigenvalue weighted by atomic mass is 10.2. The highest BCUT2D eigenvalue weighted by Crippen LogP contribution is 2.28. The molecule has 0 aliphatic carbocycles. The number of fused-ring (bicyclic) bond motifs is 3. The Hall–Kier alpha value is -3.63. The molecule has 2 aromatic heterocycles. The van der Waals surface area contributed by atoms with Crippen LogP contribution in [0.5, 0.6) is 0 Å². The first-order valence-corrected chi connectivity index (χ1v) is 12.2. The van der Waals surface area contributed by atoms with Crippen LogP contribution >= 0.6 is 11.8 Å². The van der Waals surface area contributed by atoms with Crippen LogP contribution in [0.15, 0.2) is 62.9 Å². The molecular formula is C25H23N3O6S. The fraction of sp³-hybridized carbons (Fsp3) is 0.280. The second-order valence-electron chi connectivity index (χ2n) is 8.10. The summed E-state index contributed by atoms with van der Waals surface area (Å²) in [7, 11) is 1.28. The number of anilines is 1. The van der Waals surface area contributed by atoms with Gasteiger partial charge >= 0.3 is 5.97 Å². The Balaban J connectivity index is 1.45. The van der Waals surface area contributed by atoms with E-state index < -0.39 is 5.97 Å². The number of carbonyl (C=O) groups is 2. The number of carbonyl (C=O) groups excluding carboxylic acids is 2. The van der Waals surface area contributed by atoms with Crippen LogP contribution < -0.4 is 10.9 Å². The Kier molecular flexibility index (Phi) is 6.56. The van der Waals surface area contributed by atoms with Crippen molar-refractivity contribution >= 4 is 51.4 Å². The molecule has 5 rings (SSSR count). The Bertz CT molecular complexity index is 1470. The van der Waals surface area contributed by atoms with Gasteiger partial charge in [0.2, 0.25) is 11.5 Å². The Morgan fingerprint density at radius 3 is 2.80 bits per heavy atom. The van der Waals surface area contributed by atoms with Gasteiger partial charge in [0, 0.05) is 12.0 Å². The molecule has 1 unspecified atom stereocenters. The molecular weight excluding hydrogens is 470 g/mol. The highest BCUT2D eigenvalue weighted by molar-refractivity contribution is 7.99. The summed E-state index contributed by atoms with van der Waals surface area (Å²) in [5.41, 5.74) is 1.54. The minimum atomic E-state index is -0.544. The molecule has 180 valence electrons. The molecule has 1 saturated heterocycles. The van der Waals surface area contributed by atoms with Crippen LogP contribution in [0.2, 0.25) is 0 Å². The average Bonchev–Trinajstić information content (AvgIpc) is 3.52. The highest BCUT2D eigenvalue weighted by Gasteiger charge is 2.23. The molecule has 0 radical (unpaired) electrons. The summed E-state index contributed by atoms with van der Waals surface area (Å²) in [5.74, 6) is -0.909. The van der Waals surface area contributed by atoms with Crippen LogP contribution in [0.1, 0.15) is 23.2 Å². The highest BCUT2D eigenvalue weighted by atomic mass is 32.2. The minimum Gasteiger partial charge on any atom is -0.465 e. The maximum atomic E-state index is 13.4. The number of hydrogen-bond acceptors (Lipinski definition) is 8. The van der Waals surface area contributed by atoms with Gasteiger partial charge in [-0.15, -0.1) is 0 Å². The molecule has 1 atom stereocenters. The summed E-state index contributed by atoms with van der Waals surface area (Å²) < 4.78 is 17.9. The molecule has 1 amide bonds. The van der Waals surface area contributed by atoms with Gasteiger partial charge in [0.15, 0.2) is 5.16 Å². The van der Waals surface area contributed by atoms with Gasteiger partial charge < -0.3 is 19.2 Å². The van der Waals surface area contributed by atoms with E-state index in [2.05, 4.69) is 5.32 Å². The largest absolute Gasteiger partial charge is 0.465 e. The molecule has 3 heterocycles. The van der Waals surface area contributed by atoms with Gasteiger partial charge in [-0.05, 0) is 37.1 Å². The number of thioether (sulfide) groups is 1. The van der Waals surface area contributed by atoms with E-state index in [9.17, 15) is 14.4 Å². The summed E-state index contributed by atoms with van der Waals surface area (Å²) in [5, 5.41) is 3.89. The van der Waals surface area contributed by atoms with Gasteiger partial charge in [0.1, 0.15) is 11.1 Å². The van der Waals surface area contributed by atoms with Gasteiger partial charge in [-0.2, -0.15) is 0 Å². The molecule has 0 bridgehead atoms. The first-order chi connectivity index (χ1) is 17.0. The van der Waals surface area contributed by atoms with Crippen molar-refractivity contribution in [3.63, 3.8) is 0 Å². The number of esters is 1. The molecule has 1 fully saturated rings. The van der Waals surface area contributed by atoms with Crippen molar-refractivity contribution in [2.75, 3.05) is 24.8 Å². The van der Waals surface area contributed by atoms with E-state index in [-0.39, 0.29) is 34.5 Å². The van der Waals surface area contributed by atoms with Crippen LogP contribution in [0.4, 0.5) is 5.69 Å². The van der Waals surface area contributed by atoms with Gasteiger partial charge in [0.25, 0.3) is 5.56 Å². The van der Waals surface area contributed by atoms with E-state index in [0.29, 0.717) is 35.1 Å². The number of hydrogen-bond donors (Lipinski definition) is 1. The molecule has 4 aromatic rings. The second-order valence-corrected chi connectivity index (χ2v) is 9.04. The first kappa shape index (κ1) is 23.1. The van der Waals surface area contributed by atoms with Crippen molar-refractivity contribution < 1.29 is 23.5 Å². The predicted octanol–water partition coefficient (Wildman–Crippen LogP) is 3.84. The van der Waals surface area contributed by atoms with E-state index in [1.54, 1.807) is 30.3 Å². The smallest absolute Gasteiger partial charge is 0.339 e. The third-order valence-electron chi connectivity index (χ3n) is 5.80. The van der Waals surface area contributed by atoms with E-state index in [1.165, 1.54) is 11.7 Å². The van der Waals surface area contributed by atoms with Crippen molar-refractivity contribution in [2.45, 2.75) is 30.6 Å². The lowest BCUT2D eigenvalue weighted by Gasteiger charge is -2.15. The maximum absolute atomic E-state index is 13.4. The fourth-order valence-corrected chi connectivity index (χ4v) is 4.91. The summed E-state index contributed by atoms with van der Waals surface area (Å²) >= 11 is 1.15. The molecule has 1 N–H and O–H groups in total. The predicted molar refractivity (Wildman–Crippen MR) is 132 cm³/mol. The Labute approximate surface area is 204 Å². The number of aromatic nitrogens is 2. The number of para-hydroxylation sites is 2. The summed E-state index contributed by atoms with van der Waals surface area (Å²) in [4.78, 5) is 42.9. The number of amides is 1. The molecule has 10 heteroatoms. The molecule has 35 heavy (non-hydrogen) atoms. The van der Waals surface area contributed by atoms with E-state index in [0.717, 1.165) is 30.0 Å². The SMILES string of the molecule is COC(=O)c1ccccc1NC(=O)CSc1nc2c(oc3ccccc32)c(=O)n1CC1CCCO1. The van der Waals surface area contributed by atoms with E-state index >= 15 is 0 Å². The van der Waals surface area contributed by atoms with Crippen LogP contribution in [0, 0.1) is 0 Å². The Morgan fingerprint density at radius 2 is 2.00 bits per heavy atom. The molecule has 9 nitrogen and oxygen atoms in total. The average molecular weight is 494 g/mol. The van der Waals surface area contributed by atoms with Crippen molar-refractivity contribution in [2.24, 2.45) is 0 Å². The monoisotopic (exact) mass is 493 g/mol. The lowest BCUT2D eigenvalue weighted by Crippen LogP contribution is -2.29. The summed E-state index contributed by atoms with van der Waals surface area (Å²) in [6.45, 7) is 0.984. The maximum Gasteiger partial charge on any atom is 0.339 e. The zero-order chi connectivity index (χ0) is 24.4. The zero-order valence-corrected chi connectivity index (χ0v) is 19.8. The number of rotatable bonds is 7. The second kappa shape index (κ2) is 9.93. The zero-order valence-electron chi connectivity index (χ0n) is 19.0. The number of ether oxygens (including phenoxy) is 2. The number of benzene rings is 2. The van der Waals surface area contributed by atoms with Crippen molar-refractivity contribution in [1.29, 1.82) is 0 Å². The van der Waals surface area contributed by atoms with Gasteiger partial charge in [0.05, 0.1) is 36.8 Å². The van der Waals surface area contributed by atoms with Crippen molar-refractivity contribution in [3.05, 3.63) is 64.4 Å². The van der Waals surface area contributed by atoms with Crippen LogP contribution in [-0.4, -0.2) is 47.0 Å². The number of furan rings is 1. The van der Waals surface area contributed by atoms with Crippen LogP contribution in [-0.2, 0) is 20.8 Å². The molecule has 2 aromatic carbocycles. The number of methoxy groups -OCH3 is 1. The summed E-state index contributed by atoms with van der Waals surface area (Å²) in [6.07, 6.45) is 1.68. The Morgan fingerprint density at radius 1 is 1.20 bits per heavy atom. The van der Waals surface area contributed by atoms with E-state index in [4.69, 9.17) is 18.9 Å². The van der Waals surface area contributed by atoms with Gasteiger partial charge in [-0.25, -0.2) is 9.78 Å². The molecule has 0 saturated carbocycles. The van der Waals surface area contributed by atoms with Gasteiger partial charge in [-0.3, -0.25) is 14.2 Å². The topological polar surface area (TPSA) is 113 Å². The van der Waals surface area contributed by atoms with Crippen molar-refractivity contribution in [3.8, 4) is 0 Å². The van der Waals surface area contributed by atoms with Crippen molar-refractivity contribution in [1.82, 2.24) is 9.55 Å².